The summed E-state index contributed by atoms with van der Waals surface area (Å²) in [4.78, 5) is 0. The molecule has 0 aliphatic heterocycles. The van der Waals surface area contributed by atoms with E-state index in [0.29, 0.717) is 24.9 Å². The van der Waals surface area contributed by atoms with Crippen molar-refractivity contribution in [2.45, 2.75) is 44.8 Å². The zero-order chi connectivity index (χ0) is 15.5. The Morgan fingerprint density at radius 1 is 1.14 bits per heavy atom. The fraction of sp³-hybridized carbons (Fsp3) is 0.625. The Balaban J connectivity index is 2.09. The lowest BCUT2D eigenvalue weighted by Crippen LogP contribution is -2.34. The second-order valence-electron chi connectivity index (χ2n) is 5.71. The van der Waals surface area contributed by atoms with Gasteiger partial charge in [-0.3, -0.25) is 0 Å². The molecule has 21 heavy (non-hydrogen) atoms. The van der Waals surface area contributed by atoms with E-state index in [2.05, 4.69) is 5.32 Å². The van der Waals surface area contributed by atoms with Crippen LogP contribution in [0.5, 0.6) is 0 Å². The smallest absolute Gasteiger partial charge is 0.310 e. The fourth-order valence-corrected chi connectivity index (χ4v) is 3.26. The van der Waals surface area contributed by atoms with Crippen LogP contribution in [0.15, 0.2) is 24.3 Å². The molecule has 1 unspecified atom stereocenters. The standard InChI is InChI=1S/C16H21F4N/c1-2-21-15(13-5-3-4-6-14(13)17)11-7-9-12(10-8-11)16(18,19)20/h3-6,11-12,15,21H,2,7-10H2,1H3. The lowest BCUT2D eigenvalue weighted by atomic mass is 9.76. The number of hydrogen-bond donors (Lipinski definition) is 1. The van der Waals surface area contributed by atoms with Gasteiger partial charge in [-0.25, -0.2) is 4.39 Å². The highest BCUT2D eigenvalue weighted by molar-refractivity contribution is 5.22. The van der Waals surface area contributed by atoms with Crippen LogP contribution in [-0.2, 0) is 0 Å². The highest BCUT2D eigenvalue weighted by atomic mass is 19.4. The van der Waals surface area contributed by atoms with E-state index in [-0.39, 0.29) is 30.6 Å². The first-order chi connectivity index (χ1) is 9.93. The van der Waals surface area contributed by atoms with E-state index in [1.807, 2.05) is 6.92 Å². The third-order valence-corrected chi connectivity index (χ3v) is 4.37. The van der Waals surface area contributed by atoms with Crippen molar-refractivity contribution in [1.82, 2.24) is 5.32 Å². The number of hydrogen-bond acceptors (Lipinski definition) is 1. The lowest BCUT2D eigenvalue weighted by Gasteiger charge is -2.35. The molecule has 1 nitrogen and oxygen atoms in total. The summed E-state index contributed by atoms with van der Waals surface area (Å²) in [5, 5.41) is 3.24. The maximum atomic E-state index is 14.0. The van der Waals surface area contributed by atoms with E-state index < -0.39 is 12.1 Å². The normalized spacial score (nSPS) is 24.8. The molecule has 1 aromatic carbocycles. The van der Waals surface area contributed by atoms with E-state index in [0.717, 1.165) is 0 Å². The minimum Gasteiger partial charge on any atom is -0.310 e. The van der Waals surface area contributed by atoms with Crippen molar-refractivity contribution >= 4 is 0 Å². The third-order valence-electron chi connectivity index (χ3n) is 4.37. The van der Waals surface area contributed by atoms with Crippen LogP contribution in [0.25, 0.3) is 0 Å². The van der Waals surface area contributed by atoms with Crippen molar-refractivity contribution in [2.24, 2.45) is 11.8 Å². The van der Waals surface area contributed by atoms with Crippen molar-refractivity contribution in [3.8, 4) is 0 Å². The van der Waals surface area contributed by atoms with Crippen LogP contribution in [0, 0.1) is 17.7 Å². The molecule has 1 aliphatic rings. The summed E-state index contributed by atoms with van der Waals surface area (Å²) in [6.07, 6.45) is -2.85. The fourth-order valence-electron chi connectivity index (χ4n) is 3.26. The maximum Gasteiger partial charge on any atom is 0.391 e. The molecule has 0 spiro atoms. The quantitative estimate of drug-likeness (QED) is 0.784. The minimum atomic E-state index is -4.10. The van der Waals surface area contributed by atoms with Crippen molar-refractivity contribution in [2.75, 3.05) is 6.54 Å². The first-order valence-corrected chi connectivity index (χ1v) is 7.48. The molecule has 1 aromatic rings. The van der Waals surface area contributed by atoms with E-state index in [9.17, 15) is 17.6 Å². The van der Waals surface area contributed by atoms with Gasteiger partial charge >= 0.3 is 6.18 Å². The second-order valence-corrected chi connectivity index (χ2v) is 5.71. The van der Waals surface area contributed by atoms with Crippen LogP contribution in [0.4, 0.5) is 17.6 Å². The summed E-state index contributed by atoms with van der Waals surface area (Å²) in [6, 6.07) is 6.32. The molecule has 0 heterocycles. The predicted molar refractivity (Wildman–Crippen MR) is 74.3 cm³/mol. The topological polar surface area (TPSA) is 12.0 Å². The Morgan fingerprint density at radius 3 is 2.29 bits per heavy atom. The summed E-state index contributed by atoms with van der Waals surface area (Å²) in [5.74, 6) is -1.43. The van der Waals surface area contributed by atoms with Crippen LogP contribution in [0.2, 0.25) is 0 Å². The first kappa shape index (κ1) is 16.3. The van der Waals surface area contributed by atoms with E-state index in [4.69, 9.17) is 0 Å². The van der Waals surface area contributed by atoms with Crippen LogP contribution in [0.3, 0.4) is 0 Å². The Labute approximate surface area is 122 Å². The monoisotopic (exact) mass is 303 g/mol. The van der Waals surface area contributed by atoms with Gasteiger partial charge in [0.25, 0.3) is 0 Å². The van der Waals surface area contributed by atoms with Gasteiger partial charge in [-0.2, -0.15) is 13.2 Å². The Morgan fingerprint density at radius 2 is 1.76 bits per heavy atom. The molecule has 5 heteroatoms. The molecule has 1 atom stereocenters. The molecule has 1 N–H and O–H groups in total. The largest absolute Gasteiger partial charge is 0.391 e. The van der Waals surface area contributed by atoms with E-state index in [1.54, 1.807) is 18.2 Å². The Hall–Kier alpha value is -1.10. The zero-order valence-electron chi connectivity index (χ0n) is 12.1. The van der Waals surface area contributed by atoms with Gasteiger partial charge in [0.15, 0.2) is 0 Å². The predicted octanol–water partition coefficient (Wildman–Crippen LogP) is 4.85. The van der Waals surface area contributed by atoms with Gasteiger partial charge in [0.1, 0.15) is 5.82 Å². The van der Waals surface area contributed by atoms with Crippen molar-refractivity contribution in [3.63, 3.8) is 0 Å². The molecule has 1 fully saturated rings. The molecule has 0 saturated heterocycles. The lowest BCUT2D eigenvalue weighted by molar-refractivity contribution is -0.184. The molecule has 1 saturated carbocycles. The molecule has 0 bridgehead atoms. The summed E-state index contributed by atoms with van der Waals surface area (Å²) in [5.41, 5.74) is 0.565. The molecular formula is C16H21F4N. The van der Waals surface area contributed by atoms with Gasteiger partial charge in [0.05, 0.1) is 5.92 Å². The van der Waals surface area contributed by atoms with Crippen LogP contribution in [0.1, 0.15) is 44.2 Å². The van der Waals surface area contributed by atoms with Crippen molar-refractivity contribution < 1.29 is 17.6 Å². The Bertz CT molecular complexity index is 450. The van der Waals surface area contributed by atoms with Gasteiger partial charge in [-0.1, -0.05) is 25.1 Å². The molecule has 0 amide bonds. The second kappa shape index (κ2) is 6.77. The minimum absolute atomic E-state index is 0.0560. The maximum absolute atomic E-state index is 14.0. The van der Waals surface area contributed by atoms with Gasteiger partial charge < -0.3 is 5.32 Å². The average molecular weight is 303 g/mol. The van der Waals surface area contributed by atoms with Crippen LogP contribution < -0.4 is 5.32 Å². The molecule has 0 aromatic heterocycles. The van der Waals surface area contributed by atoms with Gasteiger partial charge in [-0.15, -0.1) is 0 Å². The number of rotatable bonds is 4. The number of halogens is 4. The Kier molecular flexibility index (Phi) is 5.25. The number of nitrogens with one attached hydrogen (secondary N) is 1. The molecule has 2 rings (SSSR count). The van der Waals surface area contributed by atoms with Crippen LogP contribution in [-0.4, -0.2) is 12.7 Å². The van der Waals surface area contributed by atoms with Gasteiger partial charge in [0, 0.05) is 11.6 Å². The van der Waals surface area contributed by atoms with Crippen molar-refractivity contribution in [1.29, 1.82) is 0 Å². The van der Waals surface area contributed by atoms with Crippen LogP contribution >= 0.6 is 0 Å². The van der Waals surface area contributed by atoms with Crippen molar-refractivity contribution in [3.05, 3.63) is 35.6 Å². The first-order valence-electron chi connectivity index (χ1n) is 7.48. The molecular weight excluding hydrogens is 282 g/mol. The SMILES string of the molecule is CCNC(c1ccccc1F)C1CCC(C(F)(F)F)CC1. The third kappa shape index (κ3) is 3.96. The summed E-state index contributed by atoms with van der Waals surface area (Å²) < 4.78 is 52.2. The summed E-state index contributed by atoms with van der Waals surface area (Å²) in [7, 11) is 0. The summed E-state index contributed by atoms with van der Waals surface area (Å²) in [6.45, 7) is 2.59. The highest BCUT2D eigenvalue weighted by Gasteiger charge is 2.42. The molecule has 118 valence electrons. The van der Waals surface area contributed by atoms with Gasteiger partial charge in [-0.05, 0) is 44.2 Å². The highest BCUT2D eigenvalue weighted by Crippen LogP contribution is 2.43. The molecule has 0 radical (unpaired) electrons. The molecule has 1 aliphatic carbocycles. The zero-order valence-corrected chi connectivity index (χ0v) is 12.1. The number of alkyl halides is 3. The number of benzene rings is 1. The average Bonchev–Trinajstić information content (AvgIpc) is 2.45. The van der Waals surface area contributed by atoms with E-state index >= 15 is 0 Å². The van der Waals surface area contributed by atoms with E-state index in [1.165, 1.54) is 6.07 Å². The summed E-state index contributed by atoms with van der Waals surface area (Å²) >= 11 is 0. The van der Waals surface area contributed by atoms with Gasteiger partial charge in [0.2, 0.25) is 0 Å².